The highest BCUT2D eigenvalue weighted by Crippen LogP contribution is 2.17. The highest BCUT2D eigenvalue weighted by Gasteiger charge is 2.20. The predicted molar refractivity (Wildman–Crippen MR) is 81.8 cm³/mol. The van der Waals surface area contributed by atoms with Crippen LogP contribution in [0, 0.1) is 5.92 Å². The monoisotopic (exact) mass is 285 g/mol. The molecular formula is C15H31N3O2. The van der Waals surface area contributed by atoms with E-state index >= 15 is 0 Å². The summed E-state index contributed by atoms with van der Waals surface area (Å²) in [6, 6.07) is 0.333. The van der Waals surface area contributed by atoms with Gasteiger partial charge in [0.25, 0.3) is 0 Å². The van der Waals surface area contributed by atoms with Crippen molar-refractivity contribution in [3.8, 4) is 0 Å². The number of likely N-dealkylation sites (tertiary alicyclic amines) is 1. The van der Waals surface area contributed by atoms with Crippen LogP contribution in [0.2, 0.25) is 0 Å². The van der Waals surface area contributed by atoms with Crippen LogP contribution >= 0.6 is 0 Å². The summed E-state index contributed by atoms with van der Waals surface area (Å²) >= 11 is 0. The second-order valence-electron chi connectivity index (χ2n) is 6.31. The Kier molecular flexibility index (Phi) is 7.30. The summed E-state index contributed by atoms with van der Waals surface area (Å²) in [5, 5.41) is 12.2. The van der Waals surface area contributed by atoms with Crippen molar-refractivity contribution in [1.29, 1.82) is 0 Å². The van der Waals surface area contributed by atoms with E-state index in [9.17, 15) is 9.90 Å². The third kappa shape index (κ3) is 6.09. The molecule has 118 valence electrons. The van der Waals surface area contributed by atoms with Crippen LogP contribution in [0.5, 0.6) is 0 Å². The van der Waals surface area contributed by atoms with Gasteiger partial charge in [0.05, 0.1) is 6.10 Å². The molecule has 0 bridgehead atoms. The third-order valence-electron chi connectivity index (χ3n) is 4.22. The fourth-order valence-electron chi connectivity index (χ4n) is 2.45. The van der Waals surface area contributed by atoms with E-state index in [1.807, 2.05) is 0 Å². The Bertz CT molecular complexity index is 289. The van der Waals surface area contributed by atoms with Crippen LogP contribution in [-0.4, -0.2) is 66.3 Å². The van der Waals surface area contributed by atoms with Crippen LogP contribution in [0.4, 0.5) is 4.79 Å². The lowest BCUT2D eigenvalue weighted by atomic mass is 9.98. The molecule has 0 aromatic carbocycles. The van der Waals surface area contributed by atoms with Gasteiger partial charge in [-0.1, -0.05) is 6.92 Å². The number of carbonyl (C=O) groups is 1. The molecule has 2 amide bonds. The number of amides is 2. The number of rotatable bonds is 6. The standard InChI is InChI=1S/C15H31N3O2/c1-12-5-9-18(10-6-12)13(2)11-16-15(20)17(4)8-7-14(3)19/h12-14,19H,5-11H2,1-4H3,(H,16,20). The lowest BCUT2D eigenvalue weighted by molar-refractivity contribution is 0.140. The molecule has 5 nitrogen and oxygen atoms in total. The van der Waals surface area contributed by atoms with Gasteiger partial charge in [-0.3, -0.25) is 4.90 Å². The van der Waals surface area contributed by atoms with E-state index in [2.05, 4.69) is 24.1 Å². The van der Waals surface area contributed by atoms with Gasteiger partial charge >= 0.3 is 6.03 Å². The van der Waals surface area contributed by atoms with Crippen molar-refractivity contribution < 1.29 is 9.90 Å². The molecule has 0 spiro atoms. The molecule has 2 unspecified atom stereocenters. The molecular weight excluding hydrogens is 254 g/mol. The molecule has 1 rings (SSSR count). The van der Waals surface area contributed by atoms with Crippen LogP contribution in [0.1, 0.15) is 40.0 Å². The molecule has 20 heavy (non-hydrogen) atoms. The first kappa shape index (κ1) is 17.2. The van der Waals surface area contributed by atoms with E-state index < -0.39 is 0 Å². The highest BCUT2D eigenvalue weighted by molar-refractivity contribution is 5.73. The summed E-state index contributed by atoms with van der Waals surface area (Å²) in [6.45, 7) is 9.76. The zero-order valence-electron chi connectivity index (χ0n) is 13.4. The second kappa shape index (κ2) is 8.47. The van der Waals surface area contributed by atoms with E-state index in [4.69, 9.17) is 0 Å². The van der Waals surface area contributed by atoms with Crippen molar-refractivity contribution in [3.05, 3.63) is 0 Å². The summed E-state index contributed by atoms with van der Waals surface area (Å²) in [7, 11) is 1.77. The zero-order valence-corrected chi connectivity index (χ0v) is 13.4. The van der Waals surface area contributed by atoms with Gasteiger partial charge in [-0.2, -0.15) is 0 Å². The predicted octanol–water partition coefficient (Wildman–Crippen LogP) is 1.52. The fraction of sp³-hybridized carbons (Fsp3) is 0.933. The summed E-state index contributed by atoms with van der Waals surface area (Å²) in [6.07, 6.45) is 2.77. The largest absolute Gasteiger partial charge is 0.393 e. The van der Waals surface area contributed by atoms with Crippen LogP contribution in [0.25, 0.3) is 0 Å². The number of aliphatic hydroxyl groups excluding tert-OH is 1. The number of piperidine rings is 1. The van der Waals surface area contributed by atoms with Crippen LogP contribution in [-0.2, 0) is 0 Å². The maximum atomic E-state index is 11.9. The molecule has 0 saturated carbocycles. The second-order valence-corrected chi connectivity index (χ2v) is 6.31. The van der Waals surface area contributed by atoms with Crippen molar-refractivity contribution in [3.63, 3.8) is 0 Å². The maximum Gasteiger partial charge on any atom is 0.317 e. The average molecular weight is 285 g/mol. The van der Waals surface area contributed by atoms with Crippen molar-refractivity contribution in [2.75, 3.05) is 33.2 Å². The number of nitrogens with one attached hydrogen (secondary N) is 1. The molecule has 1 aliphatic heterocycles. The SMILES string of the molecule is CC(O)CCN(C)C(=O)NCC(C)N1CCC(C)CC1. The number of nitrogens with zero attached hydrogens (tertiary/aromatic N) is 2. The molecule has 0 aromatic rings. The van der Waals surface area contributed by atoms with Crippen LogP contribution in [0.15, 0.2) is 0 Å². The van der Waals surface area contributed by atoms with E-state index in [-0.39, 0.29) is 12.1 Å². The first-order valence-corrected chi connectivity index (χ1v) is 7.81. The number of hydrogen-bond donors (Lipinski definition) is 2. The van der Waals surface area contributed by atoms with Gasteiger partial charge < -0.3 is 15.3 Å². The fourth-order valence-corrected chi connectivity index (χ4v) is 2.45. The highest BCUT2D eigenvalue weighted by atomic mass is 16.3. The minimum Gasteiger partial charge on any atom is -0.393 e. The van der Waals surface area contributed by atoms with Crippen LogP contribution < -0.4 is 5.32 Å². The smallest absolute Gasteiger partial charge is 0.317 e. The zero-order chi connectivity index (χ0) is 15.1. The minimum atomic E-state index is -0.362. The van der Waals surface area contributed by atoms with E-state index in [0.717, 1.165) is 19.0 Å². The number of urea groups is 1. The lowest BCUT2D eigenvalue weighted by Crippen LogP contribution is -2.48. The molecule has 0 aliphatic carbocycles. The summed E-state index contributed by atoms with van der Waals surface area (Å²) in [5.74, 6) is 0.833. The molecule has 0 aromatic heterocycles. The Morgan fingerprint density at radius 1 is 1.40 bits per heavy atom. The number of aliphatic hydroxyl groups is 1. The van der Waals surface area contributed by atoms with E-state index in [1.54, 1.807) is 18.9 Å². The summed E-state index contributed by atoms with van der Waals surface area (Å²) in [5.41, 5.74) is 0. The molecule has 1 heterocycles. The van der Waals surface area contributed by atoms with E-state index in [1.165, 1.54) is 12.8 Å². The lowest BCUT2D eigenvalue weighted by Gasteiger charge is -2.35. The first-order valence-electron chi connectivity index (χ1n) is 7.81. The topological polar surface area (TPSA) is 55.8 Å². The van der Waals surface area contributed by atoms with Gasteiger partial charge in [-0.05, 0) is 52.1 Å². The van der Waals surface area contributed by atoms with Crippen molar-refractivity contribution in [2.24, 2.45) is 5.92 Å². The Balaban J connectivity index is 2.22. The third-order valence-corrected chi connectivity index (χ3v) is 4.22. The first-order chi connectivity index (χ1) is 9.40. The quantitative estimate of drug-likeness (QED) is 0.778. The normalized spacial score (nSPS) is 20.4. The molecule has 2 N–H and O–H groups in total. The van der Waals surface area contributed by atoms with Gasteiger partial charge in [-0.25, -0.2) is 4.79 Å². The Labute approximate surface area is 123 Å². The average Bonchev–Trinajstić information content (AvgIpc) is 2.42. The van der Waals surface area contributed by atoms with Crippen LogP contribution in [0.3, 0.4) is 0 Å². The summed E-state index contributed by atoms with van der Waals surface area (Å²) in [4.78, 5) is 16.0. The van der Waals surface area contributed by atoms with Gasteiger partial charge in [0.15, 0.2) is 0 Å². The van der Waals surface area contributed by atoms with Gasteiger partial charge in [0.2, 0.25) is 0 Å². The van der Waals surface area contributed by atoms with E-state index in [0.29, 0.717) is 25.6 Å². The van der Waals surface area contributed by atoms with Crippen molar-refractivity contribution in [2.45, 2.75) is 52.2 Å². The molecule has 0 radical (unpaired) electrons. The summed E-state index contributed by atoms with van der Waals surface area (Å²) < 4.78 is 0. The molecule has 1 saturated heterocycles. The van der Waals surface area contributed by atoms with Crippen molar-refractivity contribution in [1.82, 2.24) is 15.1 Å². The number of hydrogen-bond acceptors (Lipinski definition) is 3. The molecule has 1 aliphatic rings. The molecule has 2 atom stereocenters. The molecule has 1 fully saturated rings. The van der Waals surface area contributed by atoms with Gasteiger partial charge in [0.1, 0.15) is 0 Å². The van der Waals surface area contributed by atoms with Gasteiger partial charge in [-0.15, -0.1) is 0 Å². The Hall–Kier alpha value is -0.810. The maximum absolute atomic E-state index is 11.9. The van der Waals surface area contributed by atoms with Gasteiger partial charge in [0, 0.05) is 26.2 Å². The molecule has 5 heteroatoms. The van der Waals surface area contributed by atoms with Crippen molar-refractivity contribution >= 4 is 6.03 Å². The Morgan fingerprint density at radius 3 is 2.55 bits per heavy atom. The minimum absolute atomic E-state index is 0.0529. The Morgan fingerprint density at radius 2 is 2.00 bits per heavy atom. The number of carbonyl (C=O) groups excluding carboxylic acids is 1.